The molecule has 5 rings (SSSR count). The second-order valence-corrected chi connectivity index (χ2v) is 13.5. The third kappa shape index (κ3) is 6.94. The molecule has 4 aliphatic rings. The first-order chi connectivity index (χ1) is 20.5. The highest BCUT2D eigenvalue weighted by Crippen LogP contribution is 2.45. The van der Waals surface area contributed by atoms with E-state index in [0.717, 1.165) is 36.3 Å². The summed E-state index contributed by atoms with van der Waals surface area (Å²) in [4.78, 5) is 46.0. The van der Waals surface area contributed by atoms with Gasteiger partial charge in [0.05, 0.1) is 6.54 Å². The highest BCUT2D eigenvalue weighted by atomic mass is 32.2. The number of hydrogen-bond acceptors (Lipinski definition) is 8. The Kier molecular flexibility index (Phi) is 8.94. The minimum Gasteiger partial charge on any atom is -0.479 e. The minimum atomic E-state index is -1.37. The normalized spacial score (nSPS) is 30.4. The largest absolute Gasteiger partial charge is 0.479 e. The zero-order chi connectivity index (χ0) is 30.8. The molecule has 43 heavy (non-hydrogen) atoms. The Morgan fingerprint density at radius 1 is 1.35 bits per heavy atom. The standard InChI is InChI=1S/C32H40N4O6S/c1-5-22-18-41-30(33-22)42-23-15-25-27(37)35-32(29(39)40)16-20(32)11-9-7-6-8-10-12-24(28(38)36(25)17-23)34-26-14-13-21(19-43-26)31(2,3)4/h5,9,11,13,18-20,23-25,34H,1,6-8,10,12,15-17H2,2-4H3,(H,35,37)(H,39,40)/b11-9-/t20-,23-,24+,25+,32-/m1/s1. The number of allylic oxidation sites excluding steroid dienone is 3. The van der Waals surface area contributed by atoms with Crippen molar-refractivity contribution in [3.63, 3.8) is 0 Å². The van der Waals surface area contributed by atoms with Crippen LogP contribution < -0.4 is 15.4 Å². The maximum atomic E-state index is 14.2. The van der Waals surface area contributed by atoms with Crippen molar-refractivity contribution in [1.29, 1.82) is 0 Å². The lowest BCUT2D eigenvalue weighted by atomic mass is 9.87. The van der Waals surface area contributed by atoms with Gasteiger partial charge in [-0.2, -0.15) is 4.98 Å². The number of rotatable bonds is 6. The summed E-state index contributed by atoms with van der Waals surface area (Å²) >= 11 is 1.50. The average molecular weight is 609 g/mol. The van der Waals surface area contributed by atoms with Crippen LogP contribution in [0.5, 0.6) is 6.08 Å². The second-order valence-electron chi connectivity index (χ2n) is 12.6. The number of thioether (sulfide) groups is 1. The van der Waals surface area contributed by atoms with Gasteiger partial charge in [0.25, 0.3) is 0 Å². The summed E-state index contributed by atoms with van der Waals surface area (Å²) < 4.78 is 11.3. The number of carbonyl (C=O) groups is 3. The Bertz CT molecular complexity index is 1400. The van der Waals surface area contributed by atoms with Crippen molar-refractivity contribution >= 4 is 35.6 Å². The van der Waals surface area contributed by atoms with E-state index < -0.39 is 35.6 Å². The molecular weight excluding hydrogens is 568 g/mol. The summed E-state index contributed by atoms with van der Waals surface area (Å²) in [5.41, 5.74) is 3.57. The molecule has 0 radical (unpaired) electrons. The Morgan fingerprint density at radius 2 is 2.16 bits per heavy atom. The van der Waals surface area contributed by atoms with Crippen LogP contribution in [0.15, 0.2) is 57.2 Å². The molecule has 0 bridgehead atoms. The number of aromatic nitrogens is 1. The van der Waals surface area contributed by atoms with Crippen LogP contribution in [0.25, 0.3) is 6.08 Å². The van der Waals surface area contributed by atoms with Crippen LogP contribution in [0.1, 0.15) is 71.4 Å². The van der Waals surface area contributed by atoms with E-state index in [1.165, 1.54) is 29.0 Å². The van der Waals surface area contributed by atoms with E-state index in [2.05, 4.69) is 54.1 Å². The number of fused-ring (bicyclic) bond motifs is 2. The third-order valence-corrected chi connectivity index (χ3v) is 9.28. The lowest BCUT2D eigenvalue weighted by molar-refractivity contribution is -0.145. The first-order valence-corrected chi connectivity index (χ1v) is 15.8. The smallest absolute Gasteiger partial charge is 0.394 e. The van der Waals surface area contributed by atoms with Crippen LogP contribution in [0.2, 0.25) is 0 Å². The van der Waals surface area contributed by atoms with Gasteiger partial charge in [-0.3, -0.25) is 9.59 Å². The molecule has 0 spiro atoms. The topological polar surface area (TPSA) is 134 Å². The Balaban J connectivity index is 1.41. The molecule has 11 heteroatoms. The number of carboxylic acids is 1. The molecule has 1 aromatic rings. The van der Waals surface area contributed by atoms with Crippen molar-refractivity contribution in [1.82, 2.24) is 20.5 Å². The van der Waals surface area contributed by atoms with Gasteiger partial charge < -0.3 is 29.8 Å². The molecule has 3 aliphatic heterocycles. The Morgan fingerprint density at radius 3 is 2.84 bits per heavy atom. The molecular formula is C32H40N4O6S. The van der Waals surface area contributed by atoms with E-state index in [0.29, 0.717) is 18.5 Å². The number of amides is 2. The van der Waals surface area contributed by atoms with Crippen LogP contribution in [-0.2, 0) is 14.4 Å². The average Bonchev–Trinajstić information content (AvgIpc) is 3.27. The summed E-state index contributed by atoms with van der Waals surface area (Å²) in [6, 6.07) is -1.52. The molecule has 2 fully saturated rings. The molecule has 1 aliphatic carbocycles. The van der Waals surface area contributed by atoms with Gasteiger partial charge in [0.2, 0.25) is 11.8 Å². The van der Waals surface area contributed by atoms with Gasteiger partial charge in [-0.1, -0.05) is 69.8 Å². The number of oxazole rings is 1. The molecule has 0 aromatic carbocycles. The van der Waals surface area contributed by atoms with Crippen molar-refractivity contribution in [2.24, 2.45) is 11.3 Å². The predicted octanol–water partition coefficient (Wildman–Crippen LogP) is 4.78. The molecule has 3 N–H and O–H groups in total. The molecule has 2 amide bonds. The van der Waals surface area contributed by atoms with Crippen LogP contribution in [0, 0.1) is 11.3 Å². The maximum absolute atomic E-state index is 14.2. The zero-order valence-corrected chi connectivity index (χ0v) is 25.7. The van der Waals surface area contributed by atoms with Gasteiger partial charge in [0, 0.05) is 12.3 Å². The van der Waals surface area contributed by atoms with Crippen molar-refractivity contribution in [2.75, 3.05) is 6.54 Å². The summed E-state index contributed by atoms with van der Waals surface area (Å²) in [6.07, 6.45) is 12.8. The third-order valence-electron chi connectivity index (χ3n) is 8.43. The zero-order valence-electron chi connectivity index (χ0n) is 24.9. The van der Waals surface area contributed by atoms with E-state index in [1.54, 1.807) is 0 Å². The lowest BCUT2D eigenvalue weighted by Gasteiger charge is -2.30. The number of nitrogens with zero attached hydrogens (tertiary/aromatic N) is 2. The van der Waals surface area contributed by atoms with Crippen LogP contribution >= 0.6 is 11.8 Å². The summed E-state index contributed by atoms with van der Waals surface area (Å²) in [5.74, 6) is -2.11. The molecule has 1 aromatic heterocycles. The SMILES string of the molecule is C=Cc1coc(O[C@@H]2C[C@H]3C(=O)N[C@]4(C(=O)O)C[C@H]4/C=C\CCCCC[C@H](NC4=C=CC(C(C)(C)C)=CS4)C(=O)N3C2)n1. The molecule has 10 nitrogen and oxygen atoms in total. The summed E-state index contributed by atoms with van der Waals surface area (Å²) in [7, 11) is 0. The molecule has 1 saturated heterocycles. The molecule has 5 atom stereocenters. The number of nitrogens with one attached hydrogen (secondary N) is 2. The van der Waals surface area contributed by atoms with Crippen molar-refractivity contribution in [3.05, 3.63) is 58.5 Å². The van der Waals surface area contributed by atoms with Gasteiger partial charge >= 0.3 is 12.0 Å². The van der Waals surface area contributed by atoms with E-state index in [9.17, 15) is 19.5 Å². The van der Waals surface area contributed by atoms with E-state index in [-0.39, 0.29) is 36.3 Å². The van der Waals surface area contributed by atoms with Gasteiger partial charge in [0.1, 0.15) is 40.7 Å². The monoisotopic (exact) mass is 608 g/mol. The van der Waals surface area contributed by atoms with Gasteiger partial charge in [-0.15, -0.1) is 0 Å². The van der Waals surface area contributed by atoms with E-state index in [1.807, 2.05) is 18.2 Å². The number of ether oxygens (including phenoxy) is 1. The second kappa shape index (κ2) is 12.5. The minimum absolute atomic E-state index is 0.0206. The van der Waals surface area contributed by atoms with Gasteiger partial charge in [-0.25, -0.2) is 4.79 Å². The van der Waals surface area contributed by atoms with Crippen molar-refractivity contribution < 1.29 is 28.6 Å². The quantitative estimate of drug-likeness (QED) is 0.308. The van der Waals surface area contributed by atoms with Crippen LogP contribution in [0.3, 0.4) is 0 Å². The number of aliphatic carboxylic acids is 1. The van der Waals surface area contributed by atoms with Crippen molar-refractivity contribution in [2.45, 2.75) is 89.4 Å². The van der Waals surface area contributed by atoms with Gasteiger partial charge in [0.15, 0.2) is 0 Å². The predicted molar refractivity (Wildman–Crippen MR) is 164 cm³/mol. The molecule has 0 unspecified atom stereocenters. The molecule has 1 saturated carbocycles. The number of carbonyl (C=O) groups excluding carboxylic acids is 2. The fourth-order valence-electron chi connectivity index (χ4n) is 5.67. The van der Waals surface area contributed by atoms with Crippen LogP contribution in [0.4, 0.5) is 0 Å². The number of carboxylic acid groups (broad SMARTS) is 1. The molecule has 4 heterocycles. The highest BCUT2D eigenvalue weighted by Gasteiger charge is 2.61. The first kappa shape index (κ1) is 30.8. The number of hydrogen-bond donors (Lipinski definition) is 3. The Hall–Kier alpha value is -3.69. The highest BCUT2D eigenvalue weighted by molar-refractivity contribution is 8.05. The Labute approximate surface area is 256 Å². The van der Waals surface area contributed by atoms with Gasteiger partial charge in [-0.05, 0) is 54.2 Å². The molecule has 230 valence electrons. The fraction of sp³-hybridized carbons (Fsp3) is 0.531. The summed E-state index contributed by atoms with van der Waals surface area (Å²) in [6.45, 7) is 10.2. The van der Waals surface area contributed by atoms with E-state index >= 15 is 0 Å². The van der Waals surface area contributed by atoms with Crippen LogP contribution in [-0.4, -0.2) is 63.0 Å². The summed E-state index contributed by atoms with van der Waals surface area (Å²) in [5, 5.41) is 19.1. The first-order valence-electron chi connectivity index (χ1n) is 14.9. The lowest BCUT2D eigenvalue weighted by Crippen LogP contribution is -2.55. The maximum Gasteiger partial charge on any atom is 0.394 e. The van der Waals surface area contributed by atoms with Crippen molar-refractivity contribution in [3.8, 4) is 6.08 Å². The van der Waals surface area contributed by atoms with E-state index in [4.69, 9.17) is 9.15 Å². The fourth-order valence-corrected chi connectivity index (χ4v) is 6.67.